The fraction of sp³-hybridized carbons (Fsp3) is 0.308. The van der Waals surface area contributed by atoms with Crippen molar-refractivity contribution < 1.29 is 4.74 Å². The molecule has 3 rings (SSSR count). The summed E-state index contributed by atoms with van der Waals surface area (Å²) in [6, 6.07) is 5.61. The van der Waals surface area contributed by atoms with Gasteiger partial charge in [-0.3, -0.25) is 0 Å². The molecular formula is C13H14ClN3O. The summed E-state index contributed by atoms with van der Waals surface area (Å²) in [7, 11) is 0. The van der Waals surface area contributed by atoms with Crippen molar-refractivity contribution in [1.82, 2.24) is 4.98 Å². The van der Waals surface area contributed by atoms with Gasteiger partial charge in [0.1, 0.15) is 5.82 Å². The maximum atomic E-state index is 6.08. The topological polar surface area (TPSA) is 51.4 Å². The molecule has 18 heavy (non-hydrogen) atoms. The number of ether oxygens (including phenoxy) is 1. The van der Waals surface area contributed by atoms with Gasteiger partial charge in [0.25, 0.3) is 0 Å². The minimum absolute atomic E-state index is 0.641. The van der Waals surface area contributed by atoms with Crippen molar-refractivity contribution in [1.29, 1.82) is 0 Å². The van der Waals surface area contributed by atoms with Crippen molar-refractivity contribution in [2.75, 3.05) is 36.9 Å². The number of morpholine rings is 1. The van der Waals surface area contributed by atoms with E-state index in [-0.39, 0.29) is 0 Å². The summed E-state index contributed by atoms with van der Waals surface area (Å²) >= 11 is 6.08. The van der Waals surface area contributed by atoms with Gasteiger partial charge in [0.15, 0.2) is 0 Å². The van der Waals surface area contributed by atoms with Crippen LogP contribution in [0.2, 0.25) is 5.02 Å². The van der Waals surface area contributed by atoms with Crippen LogP contribution in [0.5, 0.6) is 0 Å². The summed E-state index contributed by atoms with van der Waals surface area (Å²) in [5.41, 5.74) is 6.69. The Bertz CT molecular complexity index is 582. The first kappa shape index (κ1) is 11.6. The molecule has 2 aromatic rings. The highest BCUT2D eigenvalue weighted by atomic mass is 35.5. The van der Waals surface area contributed by atoms with Crippen LogP contribution in [0.4, 0.5) is 11.5 Å². The molecule has 0 aliphatic carbocycles. The molecule has 1 aromatic heterocycles. The lowest BCUT2D eigenvalue weighted by molar-refractivity contribution is 0.122. The number of nitrogen functional groups attached to an aromatic ring is 1. The molecule has 1 aliphatic rings. The Morgan fingerprint density at radius 3 is 2.78 bits per heavy atom. The van der Waals surface area contributed by atoms with Gasteiger partial charge < -0.3 is 15.4 Å². The standard InChI is InChI=1S/C13H14ClN3O/c14-9-7-11-10(12(15)8-9)1-2-16-13(11)17-3-5-18-6-4-17/h1-2,7-8H,3-6,15H2. The van der Waals surface area contributed by atoms with E-state index in [1.807, 2.05) is 12.1 Å². The van der Waals surface area contributed by atoms with E-state index in [4.69, 9.17) is 22.1 Å². The van der Waals surface area contributed by atoms with E-state index in [0.29, 0.717) is 10.7 Å². The predicted octanol–water partition coefficient (Wildman–Crippen LogP) is 2.31. The number of rotatable bonds is 1. The fourth-order valence-electron chi connectivity index (χ4n) is 2.29. The van der Waals surface area contributed by atoms with Crippen LogP contribution in [0.15, 0.2) is 24.4 Å². The summed E-state index contributed by atoms with van der Waals surface area (Å²) in [4.78, 5) is 6.68. The first-order valence-corrected chi connectivity index (χ1v) is 6.30. The van der Waals surface area contributed by atoms with Crippen LogP contribution < -0.4 is 10.6 Å². The van der Waals surface area contributed by atoms with Crippen LogP contribution in [-0.4, -0.2) is 31.3 Å². The minimum Gasteiger partial charge on any atom is -0.398 e. The third-order valence-corrected chi connectivity index (χ3v) is 3.38. The quantitative estimate of drug-likeness (QED) is 0.802. The van der Waals surface area contributed by atoms with E-state index in [0.717, 1.165) is 42.9 Å². The smallest absolute Gasteiger partial charge is 0.136 e. The Balaban J connectivity index is 2.16. The second-order valence-corrected chi connectivity index (χ2v) is 4.76. The molecule has 0 saturated carbocycles. The van der Waals surface area contributed by atoms with E-state index in [9.17, 15) is 0 Å². The van der Waals surface area contributed by atoms with Gasteiger partial charge in [0.05, 0.1) is 13.2 Å². The first-order chi connectivity index (χ1) is 8.75. The van der Waals surface area contributed by atoms with Gasteiger partial charge in [-0.05, 0) is 18.2 Å². The monoisotopic (exact) mass is 263 g/mol. The number of benzene rings is 1. The third kappa shape index (κ3) is 1.98. The molecule has 94 valence electrons. The average Bonchev–Trinajstić information content (AvgIpc) is 2.39. The highest BCUT2D eigenvalue weighted by molar-refractivity contribution is 6.32. The van der Waals surface area contributed by atoms with Gasteiger partial charge in [-0.1, -0.05) is 11.6 Å². The van der Waals surface area contributed by atoms with Crippen molar-refractivity contribution in [2.24, 2.45) is 0 Å². The number of hydrogen-bond acceptors (Lipinski definition) is 4. The molecule has 0 atom stereocenters. The normalized spacial score (nSPS) is 16.2. The molecule has 0 bridgehead atoms. The van der Waals surface area contributed by atoms with Crippen LogP contribution in [0.3, 0.4) is 0 Å². The van der Waals surface area contributed by atoms with Crippen molar-refractivity contribution >= 4 is 33.9 Å². The van der Waals surface area contributed by atoms with Gasteiger partial charge in [-0.15, -0.1) is 0 Å². The summed E-state index contributed by atoms with van der Waals surface area (Å²) in [5, 5.41) is 2.64. The van der Waals surface area contributed by atoms with Crippen LogP contribution >= 0.6 is 11.6 Å². The van der Waals surface area contributed by atoms with Gasteiger partial charge in [-0.2, -0.15) is 0 Å². The van der Waals surface area contributed by atoms with Crippen LogP contribution in [0.1, 0.15) is 0 Å². The number of pyridine rings is 1. The van der Waals surface area contributed by atoms with E-state index in [1.165, 1.54) is 0 Å². The van der Waals surface area contributed by atoms with E-state index in [2.05, 4.69) is 9.88 Å². The van der Waals surface area contributed by atoms with Crippen LogP contribution in [0.25, 0.3) is 10.8 Å². The molecule has 0 spiro atoms. The number of halogens is 1. The Hall–Kier alpha value is -1.52. The molecule has 1 fully saturated rings. The van der Waals surface area contributed by atoms with Crippen molar-refractivity contribution in [2.45, 2.75) is 0 Å². The molecule has 4 nitrogen and oxygen atoms in total. The number of aromatic nitrogens is 1. The molecule has 5 heteroatoms. The second kappa shape index (κ2) is 4.63. The molecule has 0 amide bonds. The first-order valence-electron chi connectivity index (χ1n) is 5.92. The fourth-order valence-corrected chi connectivity index (χ4v) is 2.52. The summed E-state index contributed by atoms with van der Waals surface area (Å²) < 4.78 is 5.36. The van der Waals surface area contributed by atoms with Crippen molar-refractivity contribution in [3.63, 3.8) is 0 Å². The second-order valence-electron chi connectivity index (χ2n) is 4.32. The van der Waals surface area contributed by atoms with Crippen molar-refractivity contribution in [3.05, 3.63) is 29.4 Å². The molecule has 1 saturated heterocycles. The van der Waals surface area contributed by atoms with Gasteiger partial charge in [0.2, 0.25) is 0 Å². The highest BCUT2D eigenvalue weighted by Gasteiger charge is 2.16. The SMILES string of the molecule is Nc1cc(Cl)cc2c(N3CCOCC3)nccc12. The zero-order valence-electron chi connectivity index (χ0n) is 9.90. The van der Waals surface area contributed by atoms with Gasteiger partial charge >= 0.3 is 0 Å². The maximum Gasteiger partial charge on any atom is 0.136 e. The van der Waals surface area contributed by atoms with Crippen molar-refractivity contribution in [3.8, 4) is 0 Å². The van der Waals surface area contributed by atoms with Crippen LogP contribution in [-0.2, 0) is 4.74 Å². The number of fused-ring (bicyclic) bond motifs is 1. The number of nitrogens with zero attached hydrogens (tertiary/aromatic N) is 2. The third-order valence-electron chi connectivity index (χ3n) is 3.17. The van der Waals surface area contributed by atoms with E-state index in [1.54, 1.807) is 12.3 Å². The highest BCUT2D eigenvalue weighted by Crippen LogP contribution is 2.31. The molecule has 0 unspecified atom stereocenters. The number of anilines is 2. The lowest BCUT2D eigenvalue weighted by Gasteiger charge is -2.28. The Morgan fingerprint density at radius 1 is 1.22 bits per heavy atom. The summed E-state index contributed by atoms with van der Waals surface area (Å²) in [6.07, 6.45) is 1.79. The van der Waals surface area contributed by atoms with E-state index >= 15 is 0 Å². The molecule has 2 heterocycles. The molecule has 1 aliphatic heterocycles. The molecule has 0 radical (unpaired) electrons. The largest absolute Gasteiger partial charge is 0.398 e. The lowest BCUT2D eigenvalue weighted by atomic mass is 10.1. The lowest BCUT2D eigenvalue weighted by Crippen LogP contribution is -2.36. The zero-order chi connectivity index (χ0) is 12.5. The summed E-state index contributed by atoms with van der Waals surface area (Å²) in [5.74, 6) is 0.935. The molecule has 1 aromatic carbocycles. The van der Waals surface area contributed by atoms with Crippen LogP contribution in [0, 0.1) is 0 Å². The minimum atomic E-state index is 0.641. The zero-order valence-corrected chi connectivity index (χ0v) is 10.7. The predicted molar refractivity (Wildman–Crippen MR) is 74.2 cm³/mol. The van der Waals surface area contributed by atoms with Gasteiger partial charge in [-0.25, -0.2) is 4.98 Å². The molecule has 2 N–H and O–H groups in total. The summed E-state index contributed by atoms with van der Waals surface area (Å²) in [6.45, 7) is 3.15. The Labute approximate surface area is 110 Å². The van der Waals surface area contributed by atoms with Gasteiger partial charge in [0, 0.05) is 40.8 Å². The Kier molecular flexibility index (Phi) is 2.97. The number of nitrogens with two attached hydrogens (primary N) is 1. The number of hydrogen-bond donors (Lipinski definition) is 1. The maximum absolute atomic E-state index is 6.08. The average molecular weight is 264 g/mol. The Morgan fingerprint density at radius 2 is 2.00 bits per heavy atom. The van der Waals surface area contributed by atoms with E-state index < -0.39 is 0 Å². The molecular weight excluding hydrogens is 250 g/mol.